The predicted molar refractivity (Wildman–Crippen MR) is 66.8 cm³/mol. The van der Waals surface area contributed by atoms with Gasteiger partial charge in [-0.3, -0.25) is 4.98 Å². The Bertz CT molecular complexity index is 535. The van der Waals surface area contributed by atoms with E-state index in [0.29, 0.717) is 5.15 Å². The second-order valence-electron chi connectivity index (χ2n) is 4.32. The quantitative estimate of drug-likeness (QED) is 0.838. The summed E-state index contributed by atoms with van der Waals surface area (Å²) in [5, 5.41) is 0.569. The summed E-state index contributed by atoms with van der Waals surface area (Å²) in [6.45, 7) is 0.875. The van der Waals surface area contributed by atoms with E-state index in [1.54, 1.807) is 12.4 Å². The lowest BCUT2D eigenvalue weighted by Crippen LogP contribution is -2.30. The fraction of sp³-hybridized carbons (Fsp3) is 0.333. The number of imidazole rings is 1. The van der Waals surface area contributed by atoms with Gasteiger partial charge >= 0.3 is 0 Å². The molecule has 1 aliphatic rings. The van der Waals surface area contributed by atoms with E-state index < -0.39 is 0 Å². The SMILES string of the molecule is NC1CCn2c(-c3cccnc3)nc(Cl)c2C1. The zero-order valence-electron chi connectivity index (χ0n) is 9.31. The Hall–Kier alpha value is -1.39. The van der Waals surface area contributed by atoms with Crippen LogP contribution in [0.3, 0.4) is 0 Å². The fourth-order valence-electron chi connectivity index (χ4n) is 2.25. The first-order valence-corrected chi connectivity index (χ1v) is 6.04. The molecule has 0 radical (unpaired) electrons. The average Bonchev–Trinajstić information content (AvgIpc) is 2.68. The largest absolute Gasteiger partial charge is 0.327 e. The number of rotatable bonds is 1. The first-order valence-electron chi connectivity index (χ1n) is 5.66. The molecule has 2 aromatic rings. The minimum absolute atomic E-state index is 0.193. The van der Waals surface area contributed by atoms with Crippen LogP contribution in [0.5, 0.6) is 0 Å². The molecule has 1 aliphatic heterocycles. The van der Waals surface area contributed by atoms with Crippen molar-refractivity contribution >= 4 is 11.6 Å². The van der Waals surface area contributed by atoms with Crippen molar-refractivity contribution in [2.24, 2.45) is 5.73 Å². The molecule has 3 heterocycles. The standard InChI is InChI=1S/C12H13ClN4/c13-11-10-6-9(14)3-5-17(10)12(16-11)8-2-1-4-15-7-8/h1-2,4,7,9H,3,5-6,14H2. The molecule has 0 aromatic carbocycles. The van der Waals surface area contributed by atoms with E-state index in [2.05, 4.69) is 14.5 Å². The topological polar surface area (TPSA) is 56.7 Å². The summed E-state index contributed by atoms with van der Waals surface area (Å²) >= 11 is 6.17. The molecule has 2 N–H and O–H groups in total. The van der Waals surface area contributed by atoms with E-state index in [1.807, 2.05) is 12.1 Å². The molecule has 0 bridgehead atoms. The van der Waals surface area contributed by atoms with Gasteiger partial charge in [0.2, 0.25) is 0 Å². The summed E-state index contributed by atoms with van der Waals surface area (Å²) < 4.78 is 2.16. The molecule has 4 nitrogen and oxygen atoms in total. The summed E-state index contributed by atoms with van der Waals surface area (Å²) in [6, 6.07) is 4.09. The minimum Gasteiger partial charge on any atom is -0.327 e. The first kappa shape index (κ1) is 10.7. The molecule has 1 atom stereocenters. The van der Waals surface area contributed by atoms with Crippen molar-refractivity contribution in [3.8, 4) is 11.4 Å². The van der Waals surface area contributed by atoms with Gasteiger partial charge in [0.1, 0.15) is 5.82 Å². The lowest BCUT2D eigenvalue weighted by Gasteiger charge is -2.21. The third kappa shape index (κ3) is 1.83. The molecule has 0 saturated carbocycles. The number of aromatic nitrogens is 3. The van der Waals surface area contributed by atoms with Crippen LogP contribution < -0.4 is 5.73 Å². The zero-order chi connectivity index (χ0) is 11.8. The lowest BCUT2D eigenvalue weighted by molar-refractivity contribution is 0.475. The van der Waals surface area contributed by atoms with Crippen molar-refractivity contribution in [2.45, 2.75) is 25.4 Å². The summed E-state index contributed by atoms with van der Waals surface area (Å²) in [6.07, 6.45) is 5.32. The van der Waals surface area contributed by atoms with Crippen molar-refractivity contribution in [1.82, 2.24) is 14.5 Å². The van der Waals surface area contributed by atoms with E-state index in [9.17, 15) is 0 Å². The molecule has 0 saturated heterocycles. The van der Waals surface area contributed by atoms with E-state index in [4.69, 9.17) is 17.3 Å². The second kappa shape index (κ2) is 4.13. The third-order valence-electron chi connectivity index (χ3n) is 3.12. The Balaban J connectivity index is 2.11. The van der Waals surface area contributed by atoms with Gasteiger partial charge in [-0.25, -0.2) is 4.98 Å². The summed E-state index contributed by atoms with van der Waals surface area (Å²) in [5.41, 5.74) is 8.00. The number of halogens is 1. The van der Waals surface area contributed by atoms with Crippen LogP contribution in [0.1, 0.15) is 12.1 Å². The van der Waals surface area contributed by atoms with Crippen LogP contribution in [0.2, 0.25) is 5.15 Å². The highest BCUT2D eigenvalue weighted by molar-refractivity contribution is 6.30. The van der Waals surface area contributed by atoms with Gasteiger partial charge in [-0.05, 0) is 18.6 Å². The molecule has 2 aromatic heterocycles. The number of pyridine rings is 1. The Kier molecular flexibility index (Phi) is 2.61. The summed E-state index contributed by atoms with van der Waals surface area (Å²) in [5.74, 6) is 0.894. The number of hydrogen-bond donors (Lipinski definition) is 1. The van der Waals surface area contributed by atoms with E-state index >= 15 is 0 Å². The highest BCUT2D eigenvalue weighted by atomic mass is 35.5. The van der Waals surface area contributed by atoms with Crippen LogP contribution in [0.4, 0.5) is 0 Å². The Morgan fingerprint density at radius 3 is 3.12 bits per heavy atom. The summed E-state index contributed by atoms with van der Waals surface area (Å²) in [4.78, 5) is 8.54. The molecule has 3 rings (SSSR count). The van der Waals surface area contributed by atoms with Crippen LogP contribution in [-0.2, 0) is 13.0 Å². The van der Waals surface area contributed by atoms with Crippen molar-refractivity contribution in [3.63, 3.8) is 0 Å². The van der Waals surface area contributed by atoms with Gasteiger partial charge < -0.3 is 10.3 Å². The second-order valence-corrected chi connectivity index (χ2v) is 4.68. The maximum Gasteiger partial charge on any atom is 0.151 e. The number of fused-ring (bicyclic) bond motifs is 1. The maximum absolute atomic E-state index is 6.17. The average molecular weight is 249 g/mol. The van der Waals surface area contributed by atoms with Gasteiger partial charge in [0.25, 0.3) is 0 Å². The highest BCUT2D eigenvalue weighted by Crippen LogP contribution is 2.29. The van der Waals surface area contributed by atoms with Crippen LogP contribution in [0, 0.1) is 0 Å². The monoisotopic (exact) mass is 248 g/mol. The van der Waals surface area contributed by atoms with Gasteiger partial charge in [-0.2, -0.15) is 0 Å². The molecule has 0 aliphatic carbocycles. The van der Waals surface area contributed by atoms with Crippen molar-refractivity contribution in [2.75, 3.05) is 0 Å². The van der Waals surface area contributed by atoms with E-state index in [1.165, 1.54) is 0 Å². The van der Waals surface area contributed by atoms with Crippen LogP contribution in [0.25, 0.3) is 11.4 Å². The normalized spacial score (nSPS) is 19.1. The maximum atomic E-state index is 6.17. The Labute approximate surface area is 104 Å². The van der Waals surface area contributed by atoms with Crippen molar-refractivity contribution < 1.29 is 0 Å². The van der Waals surface area contributed by atoms with Gasteiger partial charge in [0.05, 0.1) is 5.69 Å². The van der Waals surface area contributed by atoms with Gasteiger partial charge in [0.15, 0.2) is 5.15 Å². The molecule has 88 valence electrons. The molecule has 1 unspecified atom stereocenters. The molecule has 0 amide bonds. The van der Waals surface area contributed by atoms with Gasteiger partial charge in [-0.1, -0.05) is 11.6 Å². The highest BCUT2D eigenvalue weighted by Gasteiger charge is 2.23. The Morgan fingerprint density at radius 2 is 2.35 bits per heavy atom. The third-order valence-corrected chi connectivity index (χ3v) is 3.43. The first-order chi connectivity index (χ1) is 8.25. The minimum atomic E-state index is 0.193. The van der Waals surface area contributed by atoms with Gasteiger partial charge in [-0.15, -0.1) is 0 Å². The van der Waals surface area contributed by atoms with Crippen LogP contribution in [0.15, 0.2) is 24.5 Å². The number of nitrogens with two attached hydrogens (primary N) is 1. The molecule has 17 heavy (non-hydrogen) atoms. The molecule has 0 fully saturated rings. The molecule has 5 heteroatoms. The predicted octanol–water partition coefficient (Wildman–Crippen LogP) is 1.87. The summed E-state index contributed by atoms with van der Waals surface area (Å²) in [7, 11) is 0. The Morgan fingerprint density at radius 1 is 1.47 bits per heavy atom. The number of hydrogen-bond acceptors (Lipinski definition) is 3. The van der Waals surface area contributed by atoms with Crippen molar-refractivity contribution in [3.05, 3.63) is 35.4 Å². The fourth-order valence-corrected chi connectivity index (χ4v) is 2.51. The molecule has 0 spiro atoms. The van der Waals surface area contributed by atoms with E-state index in [0.717, 1.165) is 36.5 Å². The van der Waals surface area contributed by atoms with E-state index in [-0.39, 0.29) is 6.04 Å². The van der Waals surface area contributed by atoms with Crippen molar-refractivity contribution in [1.29, 1.82) is 0 Å². The van der Waals surface area contributed by atoms with Gasteiger partial charge in [0, 0.05) is 37.0 Å². The zero-order valence-corrected chi connectivity index (χ0v) is 10.1. The smallest absolute Gasteiger partial charge is 0.151 e. The van der Waals surface area contributed by atoms with Crippen LogP contribution in [-0.4, -0.2) is 20.6 Å². The molecular weight excluding hydrogens is 236 g/mol. The van der Waals surface area contributed by atoms with Crippen LogP contribution >= 0.6 is 11.6 Å². The molecular formula is C12H13ClN4. The number of nitrogens with zero attached hydrogens (tertiary/aromatic N) is 3. The lowest BCUT2D eigenvalue weighted by atomic mass is 10.1.